The summed E-state index contributed by atoms with van der Waals surface area (Å²) in [6.45, 7) is 25.9. The lowest BCUT2D eigenvalue weighted by atomic mass is 9.86. The van der Waals surface area contributed by atoms with Crippen molar-refractivity contribution >= 4 is 62.8 Å². The lowest BCUT2D eigenvalue weighted by Gasteiger charge is -2.27. The fourth-order valence-corrected chi connectivity index (χ4v) is 13.3. The SMILES string of the molecule is CN(CCN)C[C@H]1O[C@@H](n2cnc3c(N)ncnc32)[C@@H]2OC(C)(C)O[C@@H]21.CN(CCNC(=O)Cc1ccc(C(C)(C)C)cc1)C[C@H]1O[C@@H](n2cnc3c(N)ncnc32)[C@@H]2OC(C)(C)O[C@@H]21.CN(CCNC(=O)Cc1ccc(C(C)(C)C)cc1)C[C@H]1O[C@@H](n2cnc3c(N)ncnc32)[C@H](O)[C@@H]1O. The number of anilines is 3. The first-order valence-corrected chi connectivity index (χ1v) is 34.2. The molecule has 6 aromatic heterocycles. The Kier molecular flexibility index (Phi) is 22.4. The number of fused-ring (bicyclic) bond motifs is 5. The predicted octanol–water partition coefficient (Wildman–Crippen LogP) is 2.75. The summed E-state index contributed by atoms with van der Waals surface area (Å²) in [4.78, 5) is 68.8. The Bertz CT molecular complexity index is 4120. The summed E-state index contributed by atoms with van der Waals surface area (Å²) in [5.41, 5.74) is 31.1. The maximum absolute atomic E-state index is 12.5. The van der Waals surface area contributed by atoms with E-state index >= 15 is 0 Å². The lowest BCUT2D eigenvalue weighted by Crippen LogP contribution is -2.41. The number of likely N-dealkylation sites (N-methyl/N-ethyl adjacent to an activating group) is 3. The fraction of sp³-hybridized carbons (Fsp3) is 0.580. The molecule has 5 saturated heterocycles. The first kappa shape index (κ1) is 74.1. The van der Waals surface area contributed by atoms with Crippen molar-refractivity contribution in [3.05, 3.63) is 109 Å². The number of aliphatic hydroxyl groups excluding tert-OH is 2. The van der Waals surface area contributed by atoms with Crippen LogP contribution in [0, 0.1) is 0 Å². The molecule has 546 valence electrons. The molecule has 2 amide bonds. The summed E-state index contributed by atoms with van der Waals surface area (Å²) in [6, 6.07) is 16.4. The molecule has 0 spiro atoms. The van der Waals surface area contributed by atoms with Gasteiger partial charge in [-0.15, -0.1) is 0 Å². The van der Waals surface area contributed by atoms with E-state index in [-0.39, 0.29) is 65.1 Å². The molecule has 2 aromatic carbocycles. The Hall–Kier alpha value is -8.09. The number of benzene rings is 2. The molecule has 5 aliphatic rings. The van der Waals surface area contributed by atoms with Crippen LogP contribution >= 0.6 is 0 Å². The number of carbonyl (C=O) groups excluding carboxylic acids is 2. The second-order valence-corrected chi connectivity index (χ2v) is 29.6. The van der Waals surface area contributed by atoms with Gasteiger partial charge in [0.1, 0.15) is 90.5 Å². The molecule has 11 heterocycles. The van der Waals surface area contributed by atoms with E-state index in [2.05, 4.69) is 131 Å². The molecule has 5 fully saturated rings. The molecule has 12 N–H and O–H groups in total. The maximum Gasteiger partial charge on any atom is 0.224 e. The number of carbonyl (C=O) groups is 2. The number of rotatable bonds is 21. The summed E-state index contributed by atoms with van der Waals surface area (Å²) in [5, 5.41) is 27.2. The average Bonchev–Trinajstić information content (AvgIpc) is 1.60. The summed E-state index contributed by atoms with van der Waals surface area (Å²) in [7, 11) is 5.89. The number of ether oxygens (including phenoxy) is 7. The number of amides is 2. The van der Waals surface area contributed by atoms with Crippen LogP contribution in [0.1, 0.15) is 110 Å². The minimum absolute atomic E-state index is 0.00618. The van der Waals surface area contributed by atoms with Gasteiger partial charge in [0.2, 0.25) is 11.8 Å². The van der Waals surface area contributed by atoms with Gasteiger partial charge in [0.05, 0.1) is 31.8 Å². The number of nitrogens with one attached hydrogen (secondary N) is 2. The summed E-state index contributed by atoms with van der Waals surface area (Å²) in [5.74, 6) is -0.570. The molecule has 0 bridgehead atoms. The Balaban J connectivity index is 0.000000155. The van der Waals surface area contributed by atoms with Crippen LogP contribution in [0.2, 0.25) is 0 Å². The van der Waals surface area contributed by atoms with Gasteiger partial charge >= 0.3 is 0 Å². The Labute approximate surface area is 587 Å². The summed E-state index contributed by atoms with van der Waals surface area (Å²) in [6.07, 6.45) is 3.52. The van der Waals surface area contributed by atoms with Gasteiger partial charge in [-0.3, -0.25) is 23.3 Å². The zero-order chi connectivity index (χ0) is 72.5. The molecule has 0 saturated carbocycles. The van der Waals surface area contributed by atoms with Gasteiger partial charge in [0, 0.05) is 58.9 Å². The van der Waals surface area contributed by atoms with E-state index in [0.717, 1.165) is 17.7 Å². The van der Waals surface area contributed by atoms with Crippen LogP contribution in [0.15, 0.2) is 86.5 Å². The van der Waals surface area contributed by atoms with Crippen molar-refractivity contribution < 1.29 is 53.0 Å². The standard InChI is InChI=1S/C28H39N7O4.C25H35N7O4.C16H25N7O3/c1-27(2,3)18-9-7-17(8-10-18)13-20(36)30-11-12-34(6)14-19-22-23(39-28(4,5)38-22)26(37-19)35-16-33-21-24(29)31-15-32-25(21)35;1-25(2,3)16-7-5-15(6-8-16)11-18(33)27-9-10-31(4)12-17-20(34)21(35)24(36-17)32-14-30-19-22(26)28-13-29-23(19)32;1-16(2)25-11-9(6-22(3)5-4-17)24-15(12(11)26-16)23-8-21-10-13(18)19-7-20-14(10)23/h7-10,15-16,19,22-23,26H,11-14H2,1-6H3,(H,30,36)(H2,29,31,32);5-8,13-14,17,20-21,24,34-35H,9-12H2,1-4H3,(H,27,33)(H2,26,28,29);7-9,11-12,15H,4-6,17H2,1-3H3,(H2,18,19,20)/t19-,22-,23-,26-;17-,20-,21-,24-;9-,11-,12-,15-/m111/s1. The average molecular weight is 1400 g/mol. The van der Waals surface area contributed by atoms with Crippen molar-refractivity contribution in [2.45, 2.75) is 178 Å². The van der Waals surface area contributed by atoms with Crippen molar-refractivity contribution in [3.63, 3.8) is 0 Å². The van der Waals surface area contributed by atoms with Gasteiger partial charge in [-0.25, -0.2) is 44.9 Å². The second-order valence-electron chi connectivity index (χ2n) is 29.6. The molecule has 12 atom stereocenters. The molecule has 0 radical (unpaired) electrons. The van der Waals surface area contributed by atoms with Crippen molar-refractivity contribution in [2.24, 2.45) is 5.73 Å². The third kappa shape index (κ3) is 17.2. The van der Waals surface area contributed by atoms with Crippen molar-refractivity contribution in [1.29, 1.82) is 0 Å². The molecule has 101 heavy (non-hydrogen) atoms. The quantitative estimate of drug-likeness (QED) is 0.0512. The number of hydrogen-bond acceptors (Lipinski definition) is 27. The van der Waals surface area contributed by atoms with Gasteiger partial charge in [-0.05, 0) is 81.9 Å². The van der Waals surface area contributed by atoms with Crippen molar-refractivity contribution in [1.82, 2.24) is 83.9 Å². The van der Waals surface area contributed by atoms with E-state index in [1.54, 1.807) is 17.2 Å². The number of aliphatic hydroxyl groups is 2. The van der Waals surface area contributed by atoms with Gasteiger partial charge in [-0.2, -0.15) is 0 Å². The molecule has 0 unspecified atom stereocenters. The first-order chi connectivity index (χ1) is 47.8. The fourth-order valence-electron chi connectivity index (χ4n) is 13.3. The molecule has 8 aromatic rings. The number of nitrogen functional groups attached to an aromatic ring is 3. The Morgan fingerprint density at radius 1 is 0.485 bits per heavy atom. The maximum atomic E-state index is 12.5. The van der Waals surface area contributed by atoms with Crippen LogP contribution in [-0.2, 0) is 66.4 Å². The molecule has 32 nitrogen and oxygen atoms in total. The zero-order valence-electron chi connectivity index (χ0n) is 59.9. The van der Waals surface area contributed by atoms with E-state index in [1.807, 2.05) is 87.1 Å². The van der Waals surface area contributed by atoms with E-state index in [9.17, 15) is 19.8 Å². The highest BCUT2D eigenvalue weighted by molar-refractivity contribution is 5.83. The molecular formula is C69H99N21O11. The molecule has 5 aliphatic heterocycles. The topological polar surface area (TPSA) is 408 Å². The predicted molar refractivity (Wildman–Crippen MR) is 376 cm³/mol. The highest BCUT2D eigenvalue weighted by atomic mass is 16.8. The monoisotopic (exact) mass is 1400 g/mol. The van der Waals surface area contributed by atoms with Gasteiger partial charge in [0.25, 0.3) is 0 Å². The highest BCUT2D eigenvalue weighted by Gasteiger charge is 2.58. The Morgan fingerprint density at radius 3 is 1.19 bits per heavy atom. The molecule has 0 aliphatic carbocycles. The van der Waals surface area contributed by atoms with Gasteiger partial charge < -0.3 is 91.6 Å². The summed E-state index contributed by atoms with van der Waals surface area (Å²) < 4.78 is 48.8. The van der Waals surface area contributed by atoms with Crippen LogP contribution in [0.25, 0.3) is 33.5 Å². The van der Waals surface area contributed by atoms with Crippen LogP contribution in [0.4, 0.5) is 17.5 Å². The number of hydrogen-bond donors (Lipinski definition) is 8. The first-order valence-electron chi connectivity index (χ1n) is 34.2. The van der Waals surface area contributed by atoms with E-state index < -0.39 is 48.6 Å². The second kappa shape index (κ2) is 30.5. The van der Waals surface area contributed by atoms with Crippen LogP contribution in [-0.4, -0.2) is 242 Å². The highest BCUT2D eigenvalue weighted by Crippen LogP contribution is 2.46. The van der Waals surface area contributed by atoms with E-state index in [1.165, 1.54) is 36.4 Å². The van der Waals surface area contributed by atoms with Crippen LogP contribution in [0.5, 0.6) is 0 Å². The lowest BCUT2D eigenvalue weighted by molar-refractivity contribution is -0.197. The van der Waals surface area contributed by atoms with E-state index in [0.29, 0.717) is 110 Å². The molecule has 13 rings (SSSR count). The Morgan fingerprint density at radius 2 is 0.822 bits per heavy atom. The number of nitrogens with two attached hydrogens (primary N) is 4. The minimum atomic E-state index is -1.17. The van der Waals surface area contributed by atoms with Gasteiger partial charge in [-0.1, -0.05) is 90.1 Å². The third-order valence-electron chi connectivity index (χ3n) is 18.6. The third-order valence-corrected chi connectivity index (χ3v) is 18.6. The number of imidazole rings is 3. The minimum Gasteiger partial charge on any atom is -0.387 e. The van der Waals surface area contributed by atoms with Crippen molar-refractivity contribution in [3.8, 4) is 0 Å². The largest absolute Gasteiger partial charge is 0.387 e. The van der Waals surface area contributed by atoms with Crippen molar-refractivity contribution in [2.75, 3.05) is 97.2 Å². The smallest absolute Gasteiger partial charge is 0.224 e. The number of aromatic nitrogens is 12. The number of nitrogens with zero attached hydrogens (tertiary/aromatic N) is 15. The van der Waals surface area contributed by atoms with Gasteiger partial charge in [0.15, 0.2) is 64.7 Å². The molecular weight excluding hydrogens is 1300 g/mol. The van der Waals surface area contributed by atoms with Crippen LogP contribution < -0.4 is 33.6 Å². The summed E-state index contributed by atoms with van der Waals surface area (Å²) >= 11 is 0. The zero-order valence-corrected chi connectivity index (χ0v) is 59.9. The van der Waals surface area contributed by atoms with E-state index in [4.69, 9.17) is 56.1 Å². The van der Waals surface area contributed by atoms with Crippen LogP contribution in [0.3, 0.4) is 0 Å². The normalized spacial score (nSPS) is 25.2. The molecule has 32 heteroatoms.